The summed E-state index contributed by atoms with van der Waals surface area (Å²) in [6.45, 7) is 5.12. The molecule has 0 saturated heterocycles. The Morgan fingerprint density at radius 3 is 2.37 bits per heavy atom. The van der Waals surface area contributed by atoms with Crippen LogP contribution in [0.4, 0.5) is 0 Å². The molecule has 0 aromatic heterocycles. The molecule has 0 aliphatic carbocycles. The van der Waals surface area contributed by atoms with Crippen LogP contribution < -0.4 is 5.32 Å². The number of carbonyl (C=O) groups excluding carboxylic acids is 2. The van der Waals surface area contributed by atoms with Gasteiger partial charge in [0.2, 0.25) is 11.8 Å². The predicted molar refractivity (Wildman–Crippen MR) is 124 cm³/mol. The molecular weight excluding hydrogens is 419 g/mol. The molecule has 30 heavy (non-hydrogen) atoms. The lowest BCUT2D eigenvalue weighted by Crippen LogP contribution is -2.50. The summed E-state index contributed by atoms with van der Waals surface area (Å²) in [4.78, 5) is 27.8. The van der Waals surface area contributed by atoms with Gasteiger partial charge < -0.3 is 10.2 Å². The van der Waals surface area contributed by atoms with Crippen LogP contribution in [-0.2, 0) is 22.4 Å². The van der Waals surface area contributed by atoms with Crippen molar-refractivity contribution in [1.82, 2.24) is 10.2 Å². The van der Waals surface area contributed by atoms with Crippen LogP contribution in [0.15, 0.2) is 48.5 Å². The highest BCUT2D eigenvalue weighted by Gasteiger charge is 2.28. The number of nitrogens with zero attached hydrogens (tertiary/aromatic N) is 1. The Labute approximate surface area is 189 Å². The highest BCUT2D eigenvalue weighted by molar-refractivity contribution is 6.42. The quantitative estimate of drug-likeness (QED) is 0.473. The second kappa shape index (κ2) is 12.6. The van der Waals surface area contributed by atoms with E-state index in [1.165, 1.54) is 0 Å². The fourth-order valence-electron chi connectivity index (χ4n) is 3.33. The fourth-order valence-corrected chi connectivity index (χ4v) is 3.65. The van der Waals surface area contributed by atoms with Crippen LogP contribution in [0.5, 0.6) is 0 Å². The normalized spacial score (nSPS) is 11.7. The lowest BCUT2D eigenvalue weighted by molar-refractivity contribution is -0.140. The predicted octanol–water partition coefficient (Wildman–Crippen LogP) is 5.30. The Bertz CT molecular complexity index is 827. The fraction of sp³-hybridized carbons (Fsp3) is 0.417. The van der Waals surface area contributed by atoms with E-state index in [1.54, 1.807) is 23.1 Å². The summed E-state index contributed by atoms with van der Waals surface area (Å²) in [6.07, 6.45) is 3.34. The Hall–Kier alpha value is -2.04. The molecule has 0 heterocycles. The molecule has 0 aliphatic heterocycles. The van der Waals surface area contributed by atoms with E-state index in [-0.39, 0.29) is 18.2 Å². The SMILES string of the molecule is CCCCNC(=O)C(CC)N(CCc1ccccc1)C(=O)Cc1ccc(Cl)c(Cl)c1. The monoisotopic (exact) mass is 448 g/mol. The van der Waals surface area contributed by atoms with Gasteiger partial charge in [0, 0.05) is 13.1 Å². The number of unbranched alkanes of at least 4 members (excludes halogenated alkanes) is 1. The maximum absolute atomic E-state index is 13.2. The molecule has 1 N–H and O–H groups in total. The van der Waals surface area contributed by atoms with Gasteiger partial charge in [0.15, 0.2) is 0 Å². The third-order valence-electron chi connectivity index (χ3n) is 5.04. The van der Waals surface area contributed by atoms with Crippen molar-refractivity contribution in [1.29, 1.82) is 0 Å². The molecule has 0 bridgehead atoms. The van der Waals surface area contributed by atoms with E-state index in [4.69, 9.17) is 23.2 Å². The second-order valence-electron chi connectivity index (χ2n) is 7.32. The number of rotatable bonds is 11. The summed E-state index contributed by atoms with van der Waals surface area (Å²) in [5.41, 5.74) is 1.91. The highest BCUT2D eigenvalue weighted by Crippen LogP contribution is 2.23. The van der Waals surface area contributed by atoms with Crippen LogP contribution in [0.2, 0.25) is 10.0 Å². The summed E-state index contributed by atoms with van der Waals surface area (Å²) in [7, 11) is 0. The van der Waals surface area contributed by atoms with Crippen molar-refractivity contribution in [3.63, 3.8) is 0 Å². The van der Waals surface area contributed by atoms with E-state index in [0.717, 1.165) is 24.0 Å². The average Bonchev–Trinajstić information content (AvgIpc) is 2.74. The number of halogens is 2. The van der Waals surface area contributed by atoms with Gasteiger partial charge in [-0.05, 0) is 42.5 Å². The van der Waals surface area contributed by atoms with Crippen LogP contribution in [-0.4, -0.2) is 35.8 Å². The van der Waals surface area contributed by atoms with Crippen molar-refractivity contribution in [2.75, 3.05) is 13.1 Å². The first-order chi connectivity index (χ1) is 14.5. The van der Waals surface area contributed by atoms with Gasteiger partial charge in [0.25, 0.3) is 0 Å². The van der Waals surface area contributed by atoms with E-state index >= 15 is 0 Å². The van der Waals surface area contributed by atoms with Gasteiger partial charge in [-0.25, -0.2) is 0 Å². The molecule has 0 saturated carbocycles. The van der Waals surface area contributed by atoms with Gasteiger partial charge in [-0.3, -0.25) is 9.59 Å². The van der Waals surface area contributed by atoms with Gasteiger partial charge in [0.05, 0.1) is 16.5 Å². The summed E-state index contributed by atoms with van der Waals surface area (Å²) in [6, 6.07) is 14.7. The lowest BCUT2D eigenvalue weighted by atomic mass is 10.1. The zero-order valence-electron chi connectivity index (χ0n) is 17.7. The van der Waals surface area contributed by atoms with Crippen molar-refractivity contribution in [2.45, 2.75) is 52.0 Å². The molecule has 1 atom stereocenters. The Morgan fingerprint density at radius 1 is 1.00 bits per heavy atom. The van der Waals surface area contributed by atoms with Crippen molar-refractivity contribution in [3.05, 3.63) is 69.7 Å². The van der Waals surface area contributed by atoms with Gasteiger partial charge >= 0.3 is 0 Å². The van der Waals surface area contributed by atoms with Crippen LogP contribution in [0.3, 0.4) is 0 Å². The van der Waals surface area contributed by atoms with E-state index in [2.05, 4.69) is 12.2 Å². The smallest absolute Gasteiger partial charge is 0.242 e. The van der Waals surface area contributed by atoms with Crippen molar-refractivity contribution >= 4 is 35.0 Å². The molecular formula is C24H30Cl2N2O2. The summed E-state index contributed by atoms with van der Waals surface area (Å²) < 4.78 is 0. The first kappa shape index (κ1) is 24.2. The molecule has 0 radical (unpaired) electrons. The van der Waals surface area contributed by atoms with Crippen LogP contribution in [0.1, 0.15) is 44.2 Å². The first-order valence-corrected chi connectivity index (χ1v) is 11.3. The topological polar surface area (TPSA) is 49.4 Å². The van der Waals surface area contributed by atoms with Crippen LogP contribution in [0, 0.1) is 0 Å². The van der Waals surface area contributed by atoms with Crippen LogP contribution in [0.25, 0.3) is 0 Å². The molecule has 162 valence electrons. The average molecular weight is 449 g/mol. The van der Waals surface area contributed by atoms with E-state index < -0.39 is 6.04 Å². The minimum atomic E-state index is -0.499. The van der Waals surface area contributed by atoms with Gasteiger partial charge in [-0.15, -0.1) is 0 Å². The number of carbonyl (C=O) groups is 2. The molecule has 6 heteroatoms. The number of hydrogen-bond acceptors (Lipinski definition) is 2. The largest absolute Gasteiger partial charge is 0.354 e. The van der Waals surface area contributed by atoms with Crippen molar-refractivity contribution in [3.8, 4) is 0 Å². The molecule has 0 fully saturated rings. The minimum absolute atomic E-state index is 0.0955. The zero-order valence-corrected chi connectivity index (χ0v) is 19.2. The van der Waals surface area contributed by atoms with Gasteiger partial charge in [-0.2, -0.15) is 0 Å². The third kappa shape index (κ3) is 7.33. The summed E-state index contributed by atoms with van der Waals surface area (Å²) >= 11 is 12.1. The molecule has 0 spiro atoms. The van der Waals surface area contributed by atoms with E-state index in [9.17, 15) is 9.59 Å². The van der Waals surface area contributed by atoms with E-state index in [1.807, 2.05) is 37.3 Å². The zero-order chi connectivity index (χ0) is 21.9. The summed E-state index contributed by atoms with van der Waals surface area (Å²) in [5.74, 6) is -0.191. The maximum atomic E-state index is 13.2. The first-order valence-electron chi connectivity index (χ1n) is 10.5. The van der Waals surface area contributed by atoms with E-state index in [0.29, 0.717) is 36.0 Å². The van der Waals surface area contributed by atoms with Crippen LogP contribution >= 0.6 is 23.2 Å². The molecule has 1 unspecified atom stereocenters. The molecule has 0 aliphatic rings. The standard InChI is InChI=1S/C24H30Cl2N2O2/c1-3-5-14-27-24(30)22(4-2)28(15-13-18-9-7-6-8-10-18)23(29)17-19-11-12-20(25)21(26)16-19/h6-12,16,22H,3-5,13-15,17H2,1-2H3,(H,27,30). The number of hydrogen-bond donors (Lipinski definition) is 1. The van der Waals surface area contributed by atoms with Gasteiger partial charge in [-0.1, -0.05) is 79.9 Å². The number of benzene rings is 2. The Morgan fingerprint density at radius 2 is 1.73 bits per heavy atom. The highest BCUT2D eigenvalue weighted by atomic mass is 35.5. The Kier molecular flexibility index (Phi) is 10.2. The maximum Gasteiger partial charge on any atom is 0.242 e. The molecule has 2 aromatic carbocycles. The van der Waals surface area contributed by atoms with Crippen molar-refractivity contribution < 1.29 is 9.59 Å². The second-order valence-corrected chi connectivity index (χ2v) is 8.13. The molecule has 2 amide bonds. The third-order valence-corrected chi connectivity index (χ3v) is 5.78. The minimum Gasteiger partial charge on any atom is -0.354 e. The number of amides is 2. The van der Waals surface area contributed by atoms with Crippen molar-refractivity contribution in [2.24, 2.45) is 0 Å². The molecule has 4 nitrogen and oxygen atoms in total. The molecule has 2 rings (SSSR count). The van der Waals surface area contributed by atoms with Gasteiger partial charge in [0.1, 0.15) is 6.04 Å². The Balaban J connectivity index is 2.17. The summed E-state index contributed by atoms with van der Waals surface area (Å²) in [5, 5.41) is 3.85. The number of nitrogens with one attached hydrogen (secondary N) is 1. The molecule has 2 aromatic rings. The lowest BCUT2D eigenvalue weighted by Gasteiger charge is -2.31.